The summed E-state index contributed by atoms with van der Waals surface area (Å²) in [6, 6.07) is 0.343. The highest BCUT2D eigenvalue weighted by Gasteiger charge is 2.41. The molecule has 0 aromatic rings. The molecule has 2 fully saturated rings. The first-order valence-electron chi connectivity index (χ1n) is 6.05. The third kappa shape index (κ3) is 1.82. The van der Waals surface area contributed by atoms with E-state index in [-0.39, 0.29) is 6.10 Å². The van der Waals surface area contributed by atoms with Crippen LogP contribution in [0.3, 0.4) is 0 Å². The lowest BCUT2D eigenvalue weighted by Gasteiger charge is -2.29. The van der Waals surface area contributed by atoms with E-state index in [1.807, 2.05) is 6.92 Å². The molecule has 2 rings (SSSR count). The SMILES string of the molecule is CC(O)C(C)N1CCC2(CCCC2)C1. The summed E-state index contributed by atoms with van der Waals surface area (Å²) in [5.74, 6) is 0. The molecule has 0 amide bonds. The fourth-order valence-corrected chi connectivity index (χ4v) is 3.16. The van der Waals surface area contributed by atoms with Crippen LogP contribution in [-0.4, -0.2) is 35.2 Å². The van der Waals surface area contributed by atoms with E-state index in [2.05, 4.69) is 11.8 Å². The summed E-state index contributed by atoms with van der Waals surface area (Å²) < 4.78 is 0. The minimum absolute atomic E-state index is 0.188. The first kappa shape index (κ1) is 10.4. The molecule has 82 valence electrons. The fraction of sp³-hybridized carbons (Fsp3) is 1.00. The van der Waals surface area contributed by atoms with Gasteiger partial charge in [0.15, 0.2) is 0 Å². The summed E-state index contributed by atoms with van der Waals surface area (Å²) >= 11 is 0. The lowest BCUT2D eigenvalue weighted by Crippen LogP contribution is -2.39. The summed E-state index contributed by atoms with van der Waals surface area (Å²) in [5.41, 5.74) is 0.642. The van der Waals surface area contributed by atoms with Gasteiger partial charge in [-0.1, -0.05) is 12.8 Å². The molecule has 1 heterocycles. The third-order valence-corrected chi connectivity index (χ3v) is 4.41. The molecule has 1 N–H and O–H groups in total. The van der Waals surface area contributed by atoms with Gasteiger partial charge in [0.05, 0.1) is 6.10 Å². The van der Waals surface area contributed by atoms with Crippen molar-refractivity contribution in [2.24, 2.45) is 5.41 Å². The van der Waals surface area contributed by atoms with Crippen LogP contribution < -0.4 is 0 Å². The molecular formula is C12H23NO. The zero-order chi connectivity index (χ0) is 10.2. The molecule has 2 atom stereocenters. The van der Waals surface area contributed by atoms with Crippen molar-refractivity contribution in [2.45, 2.75) is 58.1 Å². The van der Waals surface area contributed by atoms with Crippen molar-refractivity contribution in [2.75, 3.05) is 13.1 Å². The highest BCUT2D eigenvalue weighted by molar-refractivity contribution is 4.95. The largest absolute Gasteiger partial charge is 0.392 e. The second-order valence-electron chi connectivity index (χ2n) is 5.41. The Balaban J connectivity index is 1.93. The van der Waals surface area contributed by atoms with Crippen LogP contribution in [0, 0.1) is 5.41 Å². The van der Waals surface area contributed by atoms with Crippen molar-refractivity contribution in [1.29, 1.82) is 0 Å². The molecular weight excluding hydrogens is 174 g/mol. The normalized spacial score (nSPS) is 31.1. The second-order valence-corrected chi connectivity index (χ2v) is 5.41. The third-order valence-electron chi connectivity index (χ3n) is 4.41. The van der Waals surface area contributed by atoms with Gasteiger partial charge in [0, 0.05) is 12.6 Å². The van der Waals surface area contributed by atoms with E-state index in [0.29, 0.717) is 11.5 Å². The molecule has 14 heavy (non-hydrogen) atoms. The van der Waals surface area contributed by atoms with Crippen LogP contribution in [0.1, 0.15) is 46.0 Å². The molecule has 0 bridgehead atoms. The molecule has 1 aliphatic heterocycles. The van der Waals surface area contributed by atoms with Crippen LogP contribution >= 0.6 is 0 Å². The van der Waals surface area contributed by atoms with Gasteiger partial charge in [0.1, 0.15) is 0 Å². The number of likely N-dealkylation sites (tertiary alicyclic amines) is 1. The van der Waals surface area contributed by atoms with Gasteiger partial charge >= 0.3 is 0 Å². The first-order chi connectivity index (χ1) is 6.63. The molecule has 2 nitrogen and oxygen atoms in total. The highest BCUT2D eigenvalue weighted by Crippen LogP contribution is 2.45. The minimum Gasteiger partial charge on any atom is -0.392 e. The summed E-state index contributed by atoms with van der Waals surface area (Å²) in [4.78, 5) is 2.48. The van der Waals surface area contributed by atoms with E-state index in [0.717, 1.165) is 0 Å². The Labute approximate surface area is 87.3 Å². The molecule has 2 heteroatoms. The summed E-state index contributed by atoms with van der Waals surface area (Å²) in [7, 11) is 0. The molecule has 2 unspecified atom stereocenters. The van der Waals surface area contributed by atoms with Crippen LogP contribution in [-0.2, 0) is 0 Å². The number of aliphatic hydroxyl groups excluding tert-OH is 1. The number of hydrogen-bond donors (Lipinski definition) is 1. The van der Waals surface area contributed by atoms with Crippen molar-refractivity contribution in [3.63, 3.8) is 0 Å². The number of rotatable bonds is 2. The van der Waals surface area contributed by atoms with E-state index in [1.165, 1.54) is 45.2 Å². The Hall–Kier alpha value is -0.0800. The number of nitrogens with zero attached hydrogens (tertiary/aromatic N) is 1. The van der Waals surface area contributed by atoms with Gasteiger partial charge in [-0.3, -0.25) is 4.90 Å². The number of aliphatic hydroxyl groups is 1. The molecule has 2 aliphatic rings. The molecule has 1 saturated carbocycles. The zero-order valence-electron chi connectivity index (χ0n) is 9.50. The van der Waals surface area contributed by atoms with Crippen LogP contribution in [0.5, 0.6) is 0 Å². The second kappa shape index (κ2) is 3.82. The lowest BCUT2D eigenvalue weighted by molar-refractivity contribution is 0.0778. The Morgan fingerprint density at radius 3 is 2.36 bits per heavy atom. The van der Waals surface area contributed by atoms with E-state index >= 15 is 0 Å². The molecule has 0 aromatic heterocycles. The van der Waals surface area contributed by atoms with Crippen LogP contribution in [0.4, 0.5) is 0 Å². The molecule has 1 saturated heterocycles. The average Bonchev–Trinajstić information content (AvgIpc) is 2.76. The van der Waals surface area contributed by atoms with E-state index in [4.69, 9.17) is 0 Å². The average molecular weight is 197 g/mol. The first-order valence-corrected chi connectivity index (χ1v) is 6.05. The number of hydrogen-bond acceptors (Lipinski definition) is 2. The Bertz CT molecular complexity index is 196. The van der Waals surface area contributed by atoms with Gasteiger partial charge in [-0.05, 0) is 45.1 Å². The molecule has 1 spiro atoms. The minimum atomic E-state index is -0.188. The standard InChI is InChI=1S/C12H23NO/c1-10(11(2)14)13-8-7-12(9-13)5-3-4-6-12/h10-11,14H,3-9H2,1-2H3. The lowest BCUT2D eigenvalue weighted by atomic mass is 9.85. The quantitative estimate of drug-likeness (QED) is 0.732. The van der Waals surface area contributed by atoms with Crippen LogP contribution in [0.15, 0.2) is 0 Å². The van der Waals surface area contributed by atoms with Gasteiger partial charge in [-0.2, -0.15) is 0 Å². The van der Waals surface area contributed by atoms with Gasteiger partial charge in [0.25, 0.3) is 0 Å². The summed E-state index contributed by atoms with van der Waals surface area (Å²) in [5, 5.41) is 9.57. The van der Waals surface area contributed by atoms with Gasteiger partial charge in [-0.15, -0.1) is 0 Å². The zero-order valence-corrected chi connectivity index (χ0v) is 9.50. The smallest absolute Gasteiger partial charge is 0.0664 e. The molecule has 0 aromatic carbocycles. The predicted octanol–water partition coefficient (Wildman–Crippen LogP) is 2.02. The maximum atomic E-state index is 9.57. The fourth-order valence-electron chi connectivity index (χ4n) is 3.16. The van der Waals surface area contributed by atoms with E-state index < -0.39 is 0 Å². The van der Waals surface area contributed by atoms with Crippen molar-refractivity contribution in [1.82, 2.24) is 4.90 Å². The molecule has 1 aliphatic carbocycles. The van der Waals surface area contributed by atoms with Crippen molar-refractivity contribution < 1.29 is 5.11 Å². The van der Waals surface area contributed by atoms with Crippen molar-refractivity contribution in [3.8, 4) is 0 Å². The Kier molecular flexibility index (Phi) is 2.85. The molecule has 0 radical (unpaired) electrons. The maximum absolute atomic E-state index is 9.57. The highest BCUT2D eigenvalue weighted by atomic mass is 16.3. The van der Waals surface area contributed by atoms with Crippen LogP contribution in [0.25, 0.3) is 0 Å². The van der Waals surface area contributed by atoms with Crippen molar-refractivity contribution >= 4 is 0 Å². The summed E-state index contributed by atoms with van der Waals surface area (Å²) in [6.45, 7) is 6.49. The Morgan fingerprint density at radius 1 is 1.14 bits per heavy atom. The van der Waals surface area contributed by atoms with Crippen LogP contribution in [0.2, 0.25) is 0 Å². The van der Waals surface area contributed by atoms with Gasteiger partial charge < -0.3 is 5.11 Å². The predicted molar refractivity (Wildman–Crippen MR) is 58.2 cm³/mol. The maximum Gasteiger partial charge on any atom is 0.0664 e. The van der Waals surface area contributed by atoms with Crippen molar-refractivity contribution in [3.05, 3.63) is 0 Å². The Morgan fingerprint density at radius 2 is 1.79 bits per heavy atom. The van der Waals surface area contributed by atoms with E-state index in [1.54, 1.807) is 0 Å². The van der Waals surface area contributed by atoms with Gasteiger partial charge in [-0.25, -0.2) is 0 Å². The monoisotopic (exact) mass is 197 g/mol. The van der Waals surface area contributed by atoms with Gasteiger partial charge in [0.2, 0.25) is 0 Å². The summed E-state index contributed by atoms with van der Waals surface area (Å²) in [6.07, 6.45) is 6.88. The van der Waals surface area contributed by atoms with E-state index in [9.17, 15) is 5.11 Å². The topological polar surface area (TPSA) is 23.5 Å².